The van der Waals surface area contributed by atoms with Gasteiger partial charge in [0.15, 0.2) is 0 Å². The fourth-order valence-corrected chi connectivity index (χ4v) is 2.98. The zero-order chi connectivity index (χ0) is 18.2. The molecule has 2 atom stereocenters. The molecule has 1 aliphatic heterocycles. The summed E-state index contributed by atoms with van der Waals surface area (Å²) in [7, 11) is 1.34. The van der Waals surface area contributed by atoms with Crippen LogP contribution in [0.5, 0.6) is 5.88 Å². The van der Waals surface area contributed by atoms with Gasteiger partial charge in [0.25, 0.3) is 11.8 Å². The minimum absolute atomic E-state index is 0.00407. The molecule has 1 saturated heterocycles. The molecule has 2 aromatic rings. The number of hydrogen-bond donors (Lipinski definition) is 1. The van der Waals surface area contributed by atoms with Crippen molar-refractivity contribution in [3.05, 3.63) is 47.2 Å². The fourth-order valence-electron chi connectivity index (χ4n) is 2.98. The predicted octanol–water partition coefficient (Wildman–Crippen LogP) is 2.65. The van der Waals surface area contributed by atoms with E-state index in [1.165, 1.54) is 31.4 Å². The first-order valence-electron chi connectivity index (χ1n) is 7.47. The molecule has 1 amide bonds. The number of rotatable bonds is 3. The van der Waals surface area contributed by atoms with E-state index in [9.17, 15) is 23.1 Å². The summed E-state index contributed by atoms with van der Waals surface area (Å²) in [5.74, 6) is -0.745. The van der Waals surface area contributed by atoms with Crippen LogP contribution in [0.2, 0.25) is 0 Å². The molecular formula is C16H15F3N2O4. The molecule has 0 radical (unpaired) electrons. The normalized spacial score (nSPS) is 20.8. The summed E-state index contributed by atoms with van der Waals surface area (Å²) in [5.41, 5.74) is -0.895. The van der Waals surface area contributed by atoms with Crippen LogP contribution in [0.1, 0.15) is 34.1 Å². The second-order valence-corrected chi connectivity index (χ2v) is 5.68. The highest BCUT2D eigenvalue weighted by atomic mass is 19.4. The van der Waals surface area contributed by atoms with E-state index >= 15 is 0 Å². The Hall–Kier alpha value is -2.55. The number of aliphatic hydroxyl groups excluding tert-OH is 1. The third kappa shape index (κ3) is 3.32. The number of alkyl halides is 3. The molecule has 0 saturated carbocycles. The number of aromatic nitrogens is 1. The standard InChI is InChI=1S/C16H15F3N2O4/c1-24-14-7-13(25-20-14)15(23)21-8-9(22)6-12(21)10-4-2-3-5-11(10)16(17,18)19/h2-5,7,9,12,22H,6,8H2,1H3. The summed E-state index contributed by atoms with van der Waals surface area (Å²) in [4.78, 5) is 13.8. The predicted molar refractivity (Wildman–Crippen MR) is 78.9 cm³/mol. The molecule has 1 aliphatic rings. The van der Waals surface area contributed by atoms with Gasteiger partial charge in [0.2, 0.25) is 5.76 Å². The lowest BCUT2D eigenvalue weighted by molar-refractivity contribution is -0.138. The van der Waals surface area contributed by atoms with Crippen LogP contribution in [0.25, 0.3) is 0 Å². The third-order valence-corrected chi connectivity index (χ3v) is 4.07. The number of hydrogen-bond acceptors (Lipinski definition) is 5. The molecule has 2 unspecified atom stereocenters. The Labute approximate surface area is 140 Å². The molecule has 1 aromatic heterocycles. The molecule has 25 heavy (non-hydrogen) atoms. The summed E-state index contributed by atoms with van der Waals surface area (Å²) in [6.45, 7) is -0.0985. The van der Waals surface area contributed by atoms with Crippen molar-refractivity contribution in [3.63, 3.8) is 0 Å². The Balaban J connectivity index is 1.97. The van der Waals surface area contributed by atoms with Gasteiger partial charge in [-0.25, -0.2) is 0 Å². The van der Waals surface area contributed by atoms with Gasteiger partial charge in [-0.15, -0.1) is 0 Å². The molecular weight excluding hydrogens is 341 g/mol. The average Bonchev–Trinajstić information content (AvgIpc) is 3.20. The van der Waals surface area contributed by atoms with Crippen molar-refractivity contribution in [2.45, 2.75) is 24.7 Å². The molecule has 0 aliphatic carbocycles. The van der Waals surface area contributed by atoms with E-state index in [1.807, 2.05) is 0 Å². The Morgan fingerprint density at radius 1 is 1.40 bits per heavy atom. The van der Waals surface area contributed by atoms with E-state index in [4.69, 9.17) is 9.26 Å². The minimum Gasteiger partial charge on any atom is -0.479 e. The van der Waals surface area contributed by atoms with E-state index < -0.39 is 29.8 Å². The highest BCUT2D eigenvalue weighted by Crippen LogP contribution is 2.41. The van der Waals surface area contributed by atoms with E-state index in [2.05, 4.69) is 5.16 Å². The lowest BCUT2D eigenvalue weighted by atomic mass is 9.97. The maximum Gasteiger partial charge on any atom is 0.416 e. The van der Waals surface area contributed by atoms with Crippen molar-refractivity contribution in [2.24, 2.45) is 0 Å². The number of amides is 1. The first-order chi connectivity index (χ1) is 11.8. The van der Waals surface area contributed by atoms with Crippen LogP contribution in [0.3, 0.4) is 0 Å². The zero-order valence-electron chi connectivity index (χ0n) is 13.2. The molecule has 2 heterocycles. The van der Waals surface area contributed by atoms with Crippen LogP contribution in [-0.2, 0) is 6.18 Å². The van der Waals surface area contributed by atoms with Gasteiger partial charge in [-0.1, -0.05) is 18.2 Å². The van der Waals surface area contributed by atoms with Gasteiger partial charge >= 0.3 is 6.18 Å². The van der Waals surface area contributed by atoms with Gasteiger partial charge in [0, 0.05) is 6.54 Å². The maximum atomic E-state index is 13.3. The van der Waals surface area contributed by atoms with E-state index in [-0.39, 0.29) is 30.2 Å². The number of benzene rings is 1. The molecule has 0 spiro atoms. The van der Waals surface area contributed by atoms with Crippen LogP contribution in [0, 0.1) is 0 Å². The minimum atomic E-state index is -4.56. The highest BCUT2D eigenvalue weighted by Gasteiger charge is 2.42. The van der Waals surface area contributed by atoms with Crippen molar-refractivity contribution >= 4 is 5.91 Å². The number of methoxy groups -OCH3 is 1. The second-order valence-electron chi connectivity index (χ2n) is 5.68. The molecule has 1 fully saturated rings. The molecule has 1 N–H and O–H groups in total. The first-order valence-corrected chi connectivity index (χ1v) is 7.47. The van der Waals surface area contributed by atoms with Gasteiger partial charge < -0.3 is 19.3 Å². The second kappa shape index (κ2) is 6.40. The smallest absolute Gasteiger partial charge is 0.416 e. The number of halogens is 3. The Morgan fingerprint density at radius 3 is 2.76 bits per heavy atom. The quantitative estimate of drug-likeness (QED) is 0.915. The van der Waals surface area contributed by atoms with Crippen molar-refractivity contribution in [2.75, 3.05) is 13.7 Å². The number of ether oxygens (including phenoxy) is 1. The van der Waals surface area contributed by atoms with Crippen molar-refractivity contribution in [3.8, 4) is 5.88 Å². The van der Waals surface area contributed by atoms with Gasteiger partial charge in [-0.3, -0.25) is 4.79 Å². The van der Waals surface area contributed by atoms with Crippen molar-refractivity contribution in [1.29, 1.82) is 0 Å². The van der Waals surface area contributed by atoms with Crippen LogP contribution < -0.4 is 4.74 Å². The monoisotopic (exact) mass is 356 g/mol. The van der Waals surface area contributed by atoms with E-state index in [0.29, 0.717) is 0 Å². The average molecular weight is 356 g/mol. The van der Waals surface area contributed by atoms with E-state index in [0.717, 1.165) is 11.0 Å². The SMILES string of the molecule is COc1cc(C(=O)N2CC(O)CC2c2ccccc2C(F)(F)F)on1. The summed E-state index contributed by atoms with van der Waals surface area (Å²) in [6.07, 6.45) is -5.49. The number of likely N-dealkylation sites (tertiary alicyclic amines) is 1. The van der Waals surface area contributed by atoms with Gasteiger partial charge in [-0.2, -0.15) is 13.2 Å². The van der Waals surface area contributed by atoms with Crippen LogP contribution >= 0.6 is 0 Å². The number of aliphatic hydroxyl groups is 1. The maximum absolute atomic E-state index is 13.3. The van der Waals surface area contributed by atoms with Crippen LogP contribution in [-0.4, -0.2) is 40.8 Å². The summed E-state index contributed by atoms with van der Waals surface area (Å²) >= 11 is 0. The van der Waals surface area contributed by atoms with Gasteiger partial charge in [0.1, 0.15) is 0 Å². The Bertz CT molecular complexity index is 775. The van der Waals surface area contributed by atoms with Crippen LogP contribution in [0.15, 0.2) is 34.9 Å². The molecule has 6 nitrogen and oxygen atoms in total. The molecule has 134 valence electrons. The fraction of sp³-hybridized carbons (Fsp3) is 0.375. The Morgan fingerprint density at radius 2 is 2.12 bits per heavy atom. The number of β-amino-alcohol motifs (C(OH)–C–C–N with tert-alkyl or cyclic N) is 1. The van der Waals surface area contributed by atoms with Crippen molar-refractivity contribution < 1.29 is 32.3 Å². The molecule has 1 aromatic carbocycles. The van der Waals surface area contributed by atoms with Crippen LogP contribution in [0.4, 0.5) is 13.2 Å². The lowest BCUT2D eigenvalue weighted by Gasteiger charge is -2.26. The Kier molecular flexibility index (Phi) is 4.42. The van der Waals surface area contributed by atoms with Crippen molar-refractivity contribution in [1.82, 2.24) is 10.1 Å². The van der Waals surface area contributed by atoms with E-state index in [1.54, 1.807) is 0 Å². The number of carbonyl (C=O) groups is 1. The summed E-state index contributed by atoms with van der Waals surface area (Å²) < 4.78 is 49.6. The molecule has 3 rings (SSSR count). The summed E-state index contributed by atoms with van der Waals surface area (Å²) in [6, 6.07) is 5.35. The number of nitrogens with zero attached hydrogens (tertiary/aromatic N) is 2. The first kappa shape index (κ1) is 17.3. The molecule has 0 bridgehead atoms. The zero-order valence-corrected chi connectivity index (χ0v) is 13.2. The number of carbonyl (C=O) groups excluding carboxylic acids is 1. The highest BCUT2D eigenvalue weighted by molar-refractivity contribution is 5.92. The largest absolute Gasteiger partial charge is 0.479 e. The summed E-state index contributed by atoms with van der Waals surface area (Å²) in [5, 5.41) is 13.4. The van der Waals surface area contributed by atoms with Gasteiger partial charge in [-0.05, 0) is 23.2 Å². The lowest BCUT2D eigenvalue weighted by Crippen LogP contribution is -2.32. The van der Waals surface area contributed by atoms with Gasteiger partial charge in [0.05, 0.1) is 30.9 Å². The molecule has 9 heteroatoms. The third-order valence-electron chi connectivity index (χ3n) is 4.07. The topological polar surface area (TPSA) is 75.8 Å².